The zero-order valence-electron chi connectivity index (χ0n) is 14.6. The van der Waals surface area contributed by atoms with E-state index in [0.717, 1.165) is 24.3 Å². The molecule has 1 aliphatic rings. The number of nitrogens with zero attached hydrogens (tertiary/aromatic N) is 1. The van der Waals surface area contributed by atoms with Gasteiger partial charge < -0.3 is 9.64 Å². The predicted octanol–water partition coefficient (Wildman–Crippen LogP) is 5.70. The lowest BCUT2D eigenvalue weighted by molar-refractivity contribution is 0.0286. The highest BCUT2D eigenvalue weighted by molar-refractivity contribution is 7.98. The van der Waals surface area contributed by atoms with Crippen LogP contribution in [-0.2, 0) is 4.74 Å². The standard InChI is InChI=1S/C18H25Cl2NO2S/c1-18(2,3)23-17(22)21-10-13(7-8-24-4)14(11-21)12-5-6-15(19)16(20)9-12/h5-6,9,13-14H,7-8,10-11H2,1-4H3. The maximum absolute atomic E-state index is 12.4. The quantitative estimate of drug-likeness (QED) is 0.661. The summed E-state index contributed by atoms with van der Waals surface area (Å²) >= 11 is 14.1. The molecule has 6 heteroatoms. The van der Waals surface area contributed by atoms with Crippen molar-refractivity contribution in [2.24, 2.45) is 5.92 Å². The summed E-state index contributed by atoms with van der Waals surface area (Å²) in [5.41, 5.74) is 0.662. The highest BCUT2D eigenvalue weighted by atomic mass is 35.5. The van der Waals surface area contributed by atoms with Crippen molar-refractivity contribution in [3.63, 3.8) is 0 Å². The zero-order chi connectivity index (χ0) is 17.9. The summed E-state index contributed by atoms with van der Waals surface area (Å²) in [6.07, 6.45) is 2.93. The summed E-state index contributed by atoms with van der Waals surface area (Å²) in [4.78, 5) is 14.3. The molecule has 1 aromatic carbocycles. The molecule has 1 aliphatic heterocycles. The zero-order valence-corrected chi connectivity index (χ0v) is 17.0. The molecular weight excluding hydrogens is 365 g/mol. The third-order valence-electron chi connectivity index (χ3n) is 4.16. The van der Waals surface area contributed by atoms with Crippen molar-refractivity contribution >= 4 is 41.1 Å². The van der Waals surface area contributed by atoms with Gasteiger partial charge in [0.25, 0.3) is 0 Å². The molecule has 2 atom stereocenters. The van der Waals surface area contributed by atoms with E-state index in [1.165, 1.54) is 0 Å². The SMILES string of the molecule is CSCCC1CN(C(=O)OC(C)(C)C)CC1c1ccc(Cl)c(Cl)c1. The van der Waals surface area contributed by atoms with Gasteiger partial charge >= 0.3 is 6.09 Å². The number of ether oxygens (including phenoxy) is 1. The molecular formula is C18H25Cl2NO2S. The number of carbonyl (C=O) groups excluding carboxylic acids is 1. The highest BCUT2D eigenvalue weighted by Gasteiger charge is 2.37. The smallest absolute Gasteiger partial charge is 0.410 e. The molecule has 1 amide bonds. The predicted molar refractivity (Wildman–Crippen MR) is 103 cm³/mol. The first-order chi connectivity index (χ1) is 11.2. The summed E-state index contributed by atoms with van der Waals surface area (Å²) in [5, 5.41) is 1.12. The first-order valence-corrected chi connectivity index (χ1v) is 10.3. The van der Waals surface area contributed by atoms with Crippen LogP contribution in [0.2, 0.25) is 10.0 Å². The van der Waals surface area contributed by atoms with E-state index >= 15 is 0 Å². The average Bonchev–Trinajstić information content (AvgIpc) is 2.90. The number of halogens is 2. The van der Waals surface area contributed by atoms with Gasteiger partial charge in [0, 0.05) is 19.0 Å². The Morgan fingerprint density at radius 1 is 1.29 bits per heavy atom. The molecule has 3 nitrogen and oxygen atoms in total. The second kappa shape index (κ2) is 8.20. The largest absolute Gasteiger partial charge is 0.444 e. The minimum Gasteiger partial charge on any atom is -0.444 e. The number of likely N-dealkylation sites (tertiary alicyclic amines) is 1. The topological polar surface area (TPSA) is 29.5 Å². The first-order valence-electron chi connectivity index (χ1n) is 8.13. The molecule has 1 heterocycles. The lowest BCUT2D eigenvalue weighted by Crippen LogP contribution is -2.35. The van der Waals surface area contributed by atoms with Crippen LogP contribution in [0.25, 0.3) is 0 Å². The number of carbonyl (C=O) groups is 1. The van der Waals surface area contributed by atoms with Crippen LogP contribution in [0.4, 0.5) is 4.79 Å². The van der Waals surface area contributed by atoms with Crippen molar-refractivity contribution in [2.75, 3.05) is 25.1 Å². The molecule has 2 unspecified atom stereocenters. The third-order valence-corrected chi connectivity index (χ3v) is 5.54. The Bertz CT molecular complexity index is 589. The fourth-order valence-corrected chi connectivity index (χ4v) is 3.87. The summed E-state index contributed by atoms with van der Waals surface area (Å²) in [6, 6.07) is 5.78. The molecule has 1 saturated heterocycles. The minimum atomic E-state index is -0.479. The fourth-order valence-electron chi connectivity index (χ4n) is 3.03. The van der Waals surface area contributed by atoms with Crippen LogP contribution in [0.5, 0.6) is 0 Å². The maximum Gasteiger partial charge on any atom is 0.410 e. The van der Waals surface area contributed by atoms with E-state index in [4.69, 9.17) is 27.9 Å². The Hall–Kier alpha value is -0.580. The van der Waals surface area contributed by atoms with E-state index in [0.29, 0.717) is 22.5 Å². The molecule has 24 heavy (non-hydrogen) atoms. The second-order valence-corrected chi connectivity index (χ2v) is 9.01. The van der Waals surface area contributed by atoms with Crippen LogP contribution >= 0.6 is 35.0 Å². The number of amides is 1. The summed E-state index contributed by atoms with van der Waals surface area (Å²) in [7, 11) is 0. The lowest BCUT2D eigenvalue weighted by atomic mass is 9.87. The Balaban J connectivity index is 2.17. The van der Waals surface area contributed by atoms with Crippen LogP contribution in [-0.4, -0.2) is 41.7 Å². The number of hydrogen-bond acceptors (Lipinski definition) is 3. The van der Waals surface area contributed by atoms with Crippen LogP contribution in [0.1, 0.15) is 38.7 Å². The molecule has 134 valence electrons. The van der Waals surface area contributed by atoms with Gasteiger partial charge in [0.05, 0.1) is 10.0 Å². The van der Waals surface area contributed by atoms with Gasteiger partial charge in [0.15, 0.2) is 0 Å². The van der Waals surface area contributed by atoms with Gasteiger partial charge in [-0.15, -0.1) is 0 Å². The highest BCUT2D eigenvalue weighted by Crippen LogP contribution is 2.38. The molecule has 0 N–H and O–H groups in total. The summed E-state index contributed by atoms with van der Waals surface area (Å²) in [5.74, 6) is 1.74. The lowest BCUT2D eigenvalue weighted by Gasteiger charge is -2.24. The van der Waals surface area contributed by atoms with E-state index in [2.05, 4.69) is 6.26 Å². The van der Waals surface area contributed by atoms with Gasteiger partial charge in [-0.2, -0.15) is 11.8 Å². The normalized spacial score (nSPS) is 21.2. The van der Waals surface area contributed by atoms with Gasteiger partial charge in [-0.3, -0.25) is 0 Å². The molecule has 1 fully saturated rings. The molecule has 0 spiro atoms. The van der Waals surface area contributed by atoms with Crippen molar-refractivity contribution in [1.82, 2.24) is 4.90 Å². The monoisotopic (exact) mass is 389 g/mol. The van der Waals surface area contributed by atoms with Crippen molar-refractivity contribution in [3.8, 4) is 0 Å². The number of benzene rings is 1. The van der Waals surface area contributed by atoms with E-state index in [9.17, 15) is 4.79 Å². The van der Waals surface area contributed by atoms with Gasteiger partial charge in [-0.25, -0.2) is 4.79 Å². The Kier molecular flexibility index (Phi) is 6.74. The van der Waals surface area contributed by atoms with Gasteiger partial charge in [0.2, 0.25) is 0 Å². The number of hydrogen-bond donors (Lipinski definition) is 0. The maximum atomic E-state index is 12.4. The van der Waals surface area contributed by atoms with Crippen LogP contribution < -0.4 is 0 Å². The summed E-state index contributed by atoms with van der Waals surface area (Å²) < 4.78 is 5.54. The van der Waals surface area contributed by atoms with Gasteiger partial charge in [0.1, 0.15) is 5.60 Å². The van der Waals surface area contributed by atoms with Crippen LogP contribution in [0, 0.1) is 5.92 Å². The van der Waals surface area contributed by atoms with Gasteiger partial charge in [-0.05, 0) is 62.8 Å². The average molecular weight is 390 g/mol. The van der Waals surface area contributed by atoms with E-state index in [1.54, 1.807) is 0 Å². The molecule has 0 bridgehead atoms. The first kappa shape index (κ1) is 19.7. The number of rotatable bonds is 4. The second-order valence-electron chi connectivity index (χ2n) is 7.21. The third kappa shape index (κ3) is 5.21. The van der Waals surface area contributed by atoms with E-state index < -0.39 is 5.60 Å². The minimum absolute atomic E-state index is 0.237. The number of thioether (sulfide) groups is 1. The Morgan fingerprint density at radius 2 is 2.00 bits per heavy atom. The van der Waals surface area contributed by atoms with Crippen LogP contribution in [0.15, 0.2) is 18.2 Å². The summed E-state index contributed by atoms with van der Waals surface area (Å²) in [6.45, 7) is 7.06. The molecule has 2 rings (SSSR count). The molecule has 0 radical (unpaired) electrons. The van der Waals surface area contributed by atoms with E-state index in [-0.39, 0.29) is 12.0 Å². The molecule has 0 saturated carbocycles. The van der Waals surface area contributed by atoms with Crippen molar-refractivity contribution in [3.05, 3.63) is 33.8 Å². The van der Waals surface area contributed by atoms with Gasteiger partial charge in [-0.1, -0.05) is 29.3 Å². The van der Waals surface area contributed by atoms with Crippen molar-refractivity contribution in [2.45, 2.75) is 38.7 Å². The molecule has 1 aromatic rings. The van der Waals surface area contributed by atoms with Crippen LogP contribution in [0.3, 0.4) is 0 Å². The van der Waals surface area contributed by atoms with E-state index in [1.807, 2.05) is 55.6 Å². The Morgan fingerprint density at radius 3 is 2.58 bits per heavy atom. The molecule has 0 aromatic heterocycles. The fraction of sp³-hybridized carbons (Fsp3) is 0.611. The molecule has 0 aliphatic carbocycles. The van der Waals surface area contributed by atoms with Crippen molar-refractivity contribution < 1.29 is 9.53 Å². The van der Waals surface area contributed by atoms with Crippen molar-refractivity contribution in [1.29, 1.82) is 0 Å². The Labute approximate surface area is 159 Å².